The molecule has 4 atom stereocenters. The zero-order chi connectivity index (χ0) is 39.0. The number of alkyl halides is 2. The summed E-state index contributed by atoms with van der Waals surface area (Å²) in [6.07, 6.45) is 4.69. The number of hydrogen-bond donors (Lipinski definition) is 4. The first-order valence-electron chi connectivity index (χ1n) is 17.8. The number of hydrazine groups is 1. The number of ether oxygens (including phenoxy) is 1. The van der Waals surface area contributed by atoms with Crippen LogP contribution in [0, 0.1) is 11.3 Å². The maximum absolute atomic E-state index is 14.3. The molecule has 0 aromatic heterocycles. The number of carbonyl (C=O) groups excluding carboxylic acids is 4. The molecule has 1 fully saturated rings. The van der Waals surface area contributed by atoms with Crippen molar-refractivity contribution in [1.29, 1.82) is 0 Å². The number of nitrogens with zero attached hydrogens (tertiary/aromatic N) is 1. The highest BCUT2D eigenvalue weighted by Gasteiger charge is 2.42. The molecule has 11 nitrogen and oxygen atoms in total. The zero-order valence-electron chi connectivity index (χ0n) is 31.8. The molecule has 0 spiro atoms. The Morgan fingerprint density at radius 3 is 2.33 bits per heavy atom. The Bertz CT molecular complexity index is 1610. The minimum absolute atomic E-state index is 0.0617. The number of aliphatic hydroxyl groups excluding tert-OH is 1. The molecule has 0 aliphatic carbocycles. The number of nitrogens with one attached hydrogen (secondary N) is 3. The van der Waals surface area contributed by atoms with Gasteiger partial charge in [-0.2, -0.15) is 0 Å². The van der Waals surface area contributed by atoms with E-state index < -0.39 is 60.4 Å². The number of rotatable bonds is 15. The van der Waals surface area contributed by atoms with Gasteiger partial charge in [-0.1, -0.05) is 71.0 Å². The largest absolute Gasteiger partial charge is 0.462 e. The van der Waals surface area contributed by atoms with Crippen molar-refractivity contribution in [2.24, 2.45) is 11.3 Å². The molecule has 1 saturated heterocycles. The van der Waals surface area contributed by atoms with Gasteiger partial charge in [0.2, 0.25) is 11.8 Å². The molecule has 0 saturated carbocycles. The molecule has 2 aromatic carbocycles. The highest BCUT2D eigenvalue weighted by atomic mass is 35.5. The Kier molecular flexibility index (Phi) is 15.3. The SMILES string of the molecule is CC(NC(=O)C(NC(=O)[C@](C)(/C=C/c1ccc2ccc(CO)cc2c1)CO[Si](C)(C)C(C)(C)C)C(C)C)C(=O)N1CCC[C@@H](C(=O)OCC(Cl)Cl)N1. The van der Waals surface area contributed by atoms with Gasteiger partial charge < -0.3 is 24.9 Å². The topological polar surface area (TPSA) is 146 Å². The number of carbonyl (C=O) groups is 4. The third kappa shape index (κ3) is 11.7. The quantitative estimate of drug-likeness (QED) is 0.1000. The van der Waals surface area contributed by atoms with E-state index in [0.717, 1.165) is 21.9 Å². The normalized spacial score (nSPS) is 18.0. The van der Waals surface area contributed by atoms with E-state index in [1.807, 2.05) is 62.4 Å². The summed E-state index contributed by atoms with van der Waals surface area (Å²) < 4.78 is 11.7. The summed E-state index contributed by atoms with van der Waals surface area (Å²) in [4.78, 5) is 52.9. The van der Waals surface area contributed by atoms with Gasteiger partial charge in [-0.25, -0.2) is 5.43 Å². The Morgan fingerprint density at radius 2 is 1.71 bits per heavy atom. The van der Waals surface area contributed by atoms with Crippen LogP contribution in [0.5, 0.6) is 0 Å². The first kappa shape index (κ1) is 43.4. The Hall–Kier alpha value is -3.00. The molecule has 1 heterocycles. The highest BCUT2D eigenvalue weighted by molar-refractivity contribution is 6.74. The molecule has 3 rings (SSSR count). The Balaban J connectivity index is 1.80. The van der Waals surface area contributed by atoms with E-state index in [-0.39, 0.29) is 30.8 Å². The van der Waals surface area contributed by atoms with Crippen LogP contribution in [-0.2, 0) is 34.9 Å². The molecular weight excluding hydrogens is 723 g/mol. The number of fused-ring (bicyclic) bond motifs is 1. The lowest BCUT2D eigenvalue weighted by atomic mass is 9.88. The molecule has 4 N–H and O–H groups in total. The third-order valence-corrected chi connectivity index (χ3v) is 14.6. The second-order valence-corrected chi connectivity index (χ2v) is 21.7. The van der Waals surface area contributed by atoms with Gasteiger partial charge >= 0.3 is 5.97 Å². The van der Waals surface area contributed by atoms with Crippen molar-refractivity contribution in [3.8, 4) is 0 Å². The van der Waals surface area contributed by atoms with Crippen molar-refractivity contribution in [2.45, 2.75) is 109 Å². The van der Waals surface area contributed by atoms with Gasteiger partial charge in [0.25, 0.3) is 5.91 Å². The molecule has 0 radical (unpaired) electrons. The Morgan fingerprint density at radius 1 is 1.04 bits per heavy atom. The van der Waals surface area contributed by atoms with Crippen molar-refractivity contribution in [3.63, 3.8) is 0 Å². The van der Waals surface area contributed by atoms with E-state index in [4.69, 9.17) is 32.4 Å². The molecule has 288 valence electrons. The van der Waals surface area contributed by atoms with E-state index in [1.165, 1.54) is 5.01 Å². The fourth-order valence-electron chi connectivity index (χ4n) is 5.33. The molecule has 3 amide bonds. The standard InChI is InChI=1S/C38H56Cl2N4O7Si/c1-24(2)32(33(46)41-25(3)34(47)44-18-10-11-30(43-44)35(48)50-22-31(39)40)42-36(49)38(7,23-51-52(8,9)37(4,5)6)17-16-26-12-14-28-15-13-27(21-45)20-29(28)19-26/h12-17,19-20,24-25,30-32,43,45H,10-11,18,21-23H2,1-9H3,(H,41,46)(H,42,49)/b17-16+/t25?,30-,32?,38+/m0/s1. The number of aliphatic hydroxyl groups is 1. The van der Waals surface area contributed by atoms with Crippen molar-refractivity contribution in [3.05, 3.63) is 53.6 Å². The summed E-state index contributed by atoms with van der Waals surface area (Å²) in [5.74, 6) is -2.24. The second-order valence-electron chi connectivity index (χ2n) is 15.7. The number of hydrogen-bond acceptors (Lipinski definition) is 8. The summed E-state index contributed by atoms with van der Waals surface area (Å²) in [5.41, 5.74) is 3.39. The van der Waals surface area contributed by atoms with Gasteiger partial charge in [0.1, 0.15) is 29.6 Å². The van der Waals surface area contributed by atoms with Gasteiger partial charge in [0, 0.05) is 6.54 Å². The van der Waals surface area contributed by atoms with Crippen molar-refractivity contribution < 1.29 is 33.4 Å². The molecule has 14 heteroatoms. The van der Waals surface area contributed by atoms with Gasteiger partial charge in [-0.15, -0.1) is 23.2 Å². The third-order valence-electron chi connectivity index (χ3n) is 9.87. The van der Waals surface area contributed by atoms with Crippen molar-refractivity contribution in [2.75, 3.05) is 19.8 Å². The van der Waals surface area contributed by atoms with Crippen LogP contribution in [0.1, 0.15) is 72.4 Å². The summed E-state index contributed by atoms with van der Waals surface area (Å²) in [6, 6.07) is 9.04. The first-order chi connectivity index (χ1) is 24.2. The van der Waals surface area contributed by atoms with Crippen LogP contribution in [0.2, 0.25) is 18.1 Å². The zero-order valence-corrected chi connectivity index (χ0v) is 34.4. The predicted octanol–water partition coefficient (Wildman–Crippen LogP) is 5.86. The monoisotopic (exact) mass is 778 g/mol. The molecule has 0 bridgehead atoms. The fourth-order valence-corrected chi connectivity index (χ4v) is 6.55. The minimum atomic E-state index is -2.28. The molecule has 1 aliphatic rings. The molecule has 2 unspecified atom stereocenters. The molecule has 1 aliphatic heterocycles. The second kappa shape index (κ2) is 18.4. The summed E-state index contributed by atoms with van der Waals surface area (Å²) in [7, 11) is -2.28. The fraction of sp³-hybridized carbons (Fsp3) is 0.579. The maximum atomic E-state index is 14.3. The predicted molar refractivity (Wildman–Crippen MR) is 209 cm³/mol. The average molecular weight is 780 g/mol. The Labute approximate surface area is 319 Å². The van der Waals surface area contributed by atoms with Gasteiger partial charge in [-0.3, -0.25) is 24.2 Å². The van der Waals surface area contributed by atoms with E-state index in [0.29, 0.717) is 19.4 Å². The molecular formula is C38H56Cl2N4O7Si. The summed E-state index contributed by atoms with van der Waals surface area (Å²) >= 11 is 11.3. The molecule has 52 heavy (non-hydrogen) atoms. The van der Waals surface area contributed by atoms with E-state index in [2.05, 4.69) is 49.9 Å². The van der Waals surface area contributed by atoms with Gasteiger partial charge in [0.05, 0.1) is 18.6 Å². The molecule has 2 aromatic rings. The summed E-state index contributed by atoms with van der Waals surface area (Å²) in [6.45, 7) is 17.8. The number of halogens is 2. The van der Waals surface area contributed by atoms with E-state index >= 15 is 0 Å². The average Bonchev–Trinajstić information content (AvgIpc) is 3.09. The van der Waals surface area contributed by atoms with Crippen LogP contribution in [-0.4, -0.2) is 84.8 Å². The highest BCUT2D eigenvalue weighted by Crippen LogP contribution is 2.38. The smallest absolute Gasteiger partial charge is 0.325 e. The van der Waals surface area contributed by atoms with Crippen LogP contribution in [0.3, 0.4) is 0 Å². The lowest BCUT2D eigenvalue weighted by Gasteiger charge is -2.39. The minimum Gasteiger partial charge on any atom is -0.462 e. The van der Waals surface area contributed by atoms with E-state index in [9.17, 15) is 24.3 Å². The lowest BCUT2D eigenvalue weighted by molar-refractivity contribution is -0.152. The van der Waals surface area contributed by atoms with Gasteiger partial charge in [-0.05, 0) is 84.8 Å². The van der Waals surface area contributed by atoms with Gasteiger partial charge in [0.15, 0.2) is 8.32 Å². The lowest BCUT2D eigenvalue weighted by Crippen LogP contribution is -2.61. The van der Waals surface area contributed by atoms with E-state index in [1.54, 1.807) is 13.8 Å². The number of esters is 1. The van der Waals surface area contributed by atoms with Crippen LogP contribution in [0.4, 0.5) is 0 Å². The van der Waals surface area contributed by atoms with Crippen molar-refractivity contribution >= 4 is 72.1 Å². The first-order valence-corrected chi connectivity index (χ1v) is 21.6. The van der Waals surface area contributed by atoms with Crippen LogP contribution in [0.25, 0.3) is 16.8 Å². The summed E-state index contributed by atoms with van der Waals surface area (Å²) in [5, 5.41) is 18.5. The number of benzene rings is 2. The van der Waals surface area contributed by atoms with Crippen LogP contribution < -0.4 is 16.1 Å². The van der Waals surface area contributed by atoms with Crippen LogP contribution in [0.15, 0.2) is 42.5 Å². The number of amides is 3. The van der Waals surface area contributed by atoms with Crippen molar-refractivity contribution in [1.82, 2.24) is 21.1 Å². The maximum Gasteiger partial charge on any atom is 0.325 e. The van der Waals surface area contributed by atoms with Crippen LogP contribution >= 0.6 is 23.2 Å².